The quantitative estimate of drug-likeness (QED) is 0.684. The zero-order chi connectivity index (χ0) is 17.0. The molecular weight excluding hydrogens is 401 g/mol. The van der Waals surface area contributed by atoms with Gasteiger partial charge in [0.1, 0.15) is 5.75 Å². The lowest BCUT2D eigenvalue weighted by molar-refractivity contribution is -0.118. The number of nitrogens with one attached hydrogen (secondary N) is 1. The summed E-state index contributed by atoms with van der Waals surface area (Å²) in [5, 5.41) is 2.88. The molecule has 4 heteroatoms. The molecule has 0 unspecified atom stereocenters. The molecule has 0 aliphatic rings. The lowest BCUT2D eigenvalue weighted by Crippen LogP contribution is -2.20. The van der Waals surface area contributed by atoms with Crippen LogP contribution in [0.4, 0.5) is 5.69 Å². The number of carbonyl (C=O) groups excluding carboxylic acids is 1. The molecule has 0 saturated carbocycles. The van der Waals surface area contributed by atoms with E-state index < -0.39 is 0 Å². The third-order valence-corrected chi connectivity index (χ3v) is 4.37. The predicted octanol–water partition coefficient (Wildman–Crippen LogP) is 5.05. The fraction of sp³-hybridized carbons (Fsp3) is 0.316. The minimum Gasteiger partial charge on any atom is -0.484 e. The first kappa shape index (κ1) is 17.8. The van der Waals surface area contributed by atoms with Gasteiger partial charge in [-0.1, -0.05) is 19.9 Å². The summed E-state index contributed by atoms with van der Waals surface area (Å²) in [6.07, 6.45) is 0. The van der Waals surface area contributed by atoms with Crippen molar-refractivity contribution in [3.63, 3.8) is 0 Å². The minimum atomic E-state index is -0.153. The second-order valence-corrected chi connectivity index (χ2v) is 7.21. The van der Waals surface area contributed by atoms with Gasteiger partial charge >= 0.3 is 0 Å². The summed E-state index contributed by atoms with van der Waals surface area (Å²) in [6.45, 7) is 8.38. The molecule has 0 aliphatic carbocycles. The Hall–Kier alpha value is -1.56. The standard InChI is InChI=1S/C19H22INO2/c1-12(2)17-7-6-16(10-13(17)3)23-11-19(22)21-18-8-5-15(20)9-14(18)4/h5-10,12H,11H2,1-4H3,(H,21,22). The first-order chi connectivity index (χ1) is 10.9. The highest BCUT2D eigenvalue weighted by Gasteiger charge is 2.08. The van der Waals surface area contributed by atoms with E-state index in [1.54, 1.807) is 0 Å². The van der Waals surface area contributed by atoms with E-state index in [0.29, 0.717) is 5.92 Å². The molecule has 0 atom stereocenters. The first-order valence-corrected chi connectivity index (χ1v) is 8.74. The number of rotatable bonds is 5. The number of carbonyl (C=O) groups is 1. The Kier molecular flexibility index (Phi) is 6.04. The Labute approximate surface area is 151 Å². The Morgan fingerprint density at radius 2 is 1.87 bits per heavy atom. The minimum absolute atomic E-state index is 0.00584. The lowest BCUT2D eigenvalue weighted by Gasteiger charge is -2.13. The fourth-order valence-corrected chi connectivity index (χ4v) is 3.14. The van der Waals surface area contributed by atoms with Gasteiger partial charge in [0.05, 0.1) is 0 Å². The van der Waals surface area contributed by atoms with Crippen molar-refractivity contribution in [2.45, 2.75) is 33.6 Å². The maximum absolute atomic E-state index is 12.0. The normalized spacial score (nSPS) is 10.7. The van der Waals surface area contributed by atoms with E-state index in [1.807, 2.05) is 37.3 Å². The highest BCUT2D eigenvalue weighted by molar-refractivity contribution is 14.1. The number of amides is 1. The van der Waals surface area contributed by atoms with Crippen molar-refractivity contribution in [1.29, 1.82) is 0 Å². The van der Waals surface area contributed by atoms with Crippen LogP contribution in [-0.4, -0.2) is 12.5 Å². The summed E-state index contributed by atoms with van der Waals surface area (Å²) in [6, 6.07) is 11.9. The number of hydrogen-bond donors (Lipinski definition) is 1. The van der Waals surface area contributed by atoms with E-state index in [1.165, 1.54) is 11.1 Å². The largest absolute Gasteiger partial charge is 0.484 e. The van der Waals surface area contributed by atoms with E-state index in [9.17, 15) is 4.79 Å². The van der Waals surface area contributed by atoms with Crippen LogP contribution in [0.3, 0.4) is 0 Å². The molecular formula is C19H22INO2. The van der Waals surface area contributed by atoms with Gasteiger partial charge in [-0.15, -0.1) is 0 Å². The SMILES string of the molecule is Cc1cc(I)ccc1NC(=O)COc1ccc(C(C)C)c(C)c1. The van der Waals surface area contributed by atoms with Crippen molar-refractivity contribution in [2.75, 3.05) is 11.9 Å². The van der Waals surface area contributed by atoms with Crippen LogP contribution in [0.5, 0.6) is 5.75 Å². The lowest BCUT2D eigenvalue weighted by atomic mass is 9.98. The summed E-state index contributed by atoms with van der Waals surface area (Å²) in [5.41, 5.74) is 4.36. The molecule has 0 aliphatic heterocycles. The smallest absolute Gasteiger partial charge is 0.262 e. The molecule has 3 nitrogen and oxygen atoms in total. The molecule has 2 rings (SSSR count). The molecule has 0 heterocycles. The maximum atomic E-state index is 12.0. The molecule has 1 amide bonds. The number of aryl methyl sites for hydroxylation is 2. The van der Waals surface area contributed by atoms with Crippen molar-refractivity contribution in [1.82, 2.24) is 0 Å². The second-order valence-electron chi connectivity index (χ2n) is 5.97. The summed E-state index contributed by atoms with van der Waals surface area (Å²) >= 11 is 2.25. The highest BCUT2D eigenvalue weighted by atomic mass is 127. The topological polar surface area (TPSA) is 38.3 Å². The second kappa shape index (κ2) is 7.81. The predicted molar refractivity (Wildman–Crippen MR) is 103 cm³/mol. The van der Waals surface area contributed by atoms with Gasteiger partial charge in [-0.3, -0.25) is 4.79 Å². The molecule has 23 heavy (non-hydrogen) atoms. The van der Waals surface area contributed by atoms with Gasteiger partial charge in [0, 0.05) is 9.26 Å². The van der Waals surface area contributed by atoms with Crippen LogP contribution in [0.15, 0.2) is 36.4 Å². The summed E-state index contributed by atoms with van der Waals surface area (Å²) in [5.74, 6) is 1.05. The van der Waals surface area contributed by atoms with Crippen LogP contribution in [0.2, 0.25) is 0 Å². The van der Waals surface area contributed by atoms with Gasteiger partial charge in [0.15, 0.2) is 6.61 Å². The highest BCUT2D eigenvalue weighted by Crippen LogP contribution is 2.23. The van der Waals surface area contributed by atoms with Crippen LogP contribution >= 0.6 is 22.6 Å². The van der Waals surface area contributed by atoms with E-state index in [2.05, 4.69) is 54.7 Å². The molecule has 0 bridgehead atoms. The summed E-state index contributed by atoms with van der Waals surface area (Å²) in [4.78, 5) is 12.0. The molecule has 0 spiro atoms. The fourth-order valence-electron chi connectivity index (χ4n) is 2.49. The molecule has 1 N–H and O–H groups in total. The number of ether oxygens (including phenoxy) is 1. The van der Waals surface area contributed by atoms with Gasteiger partial charge in [-0.05, 0) is 89.4 Å². The molecule has 0 aromatic heterocycles. The van der Waals surface area contributed by atoms with Gasteiger partial charge in [0.2, 0.25) is 0 Å². The van der Waals surface area contributed by atoms with Crippen LogP contribution in [-0.2, 0) is 4.79 Å². The van der Waals surface area contributed by atoms with Crippen LogP contribution in [0, 0.1) is 17.4 Å². The Morgan fingerprint density at radius 1 is 1.13 bits per heavy atom. The van der Waals surface area contributed by atoms with Crippen LogP contribution in [0.25, 0.3) is 0 Å². The van der Waals surface area contributed by atoms with Gasteiger partial charge in [-0.25, -0.2) is 0 Å². The Bertz CT molecular complexity index is 711. The maximum Gasteiger partial charge on any atom is 0.262 e. The number of halogens is 1. The Morgan fingerprint density at radius 3 is 2.48 bits per heavy atom. The van der Waals surface area contributed by atoms with Crippen molar-refractivity contribution in [3.8, 4) is 5.75 Å². The number of hydrogen-bond acceptors (Lipinski definition) is 2. The van der Waals surface area contributed by atoms with Gasteiger partial charge < -0.3 is 10.1 Å². The monoisotopic (exact) mass is 423 g/mol. The van der Waals surface area contributed by atoms with E-state index in [-0.39, 0.29) is 12.5 Å². The van der Waals surface area contributed by atoms with Crippen LogP contribution < -0.4 is 10.1 Å². The summed E-state index contributed by atoms with van der Waals surface area (Å²) in [7, 11) is 0. The van der Waals surface area contributed by atoms with E-state index in [0.717, 1.165) is 20.6 Å². The molecule has 0 radical (unpaired) electrons. The molecule has 0 fully saturated rings. The van der Waals surface area contributed by atoms with Gasteiger partial charge in [-0.2, -0.15) is 0 Å². The van der Waals surface area contributed by atoms with E-state index >= 15 is 0 Å². The molecule has 2 aromatic carbocycles. The van der Waals surface area contributed by atoms with Crippen molar-refractivity contribution in [3.05, 3.63) is 56.7 Å². The van der Waals surface area contributed by atoms with Gasteiger partial charge in [0.25, 0.3) is 5.91 Å². The zero-order valence-electron chi connectivity index (χ0n) is 13.9. The summed E-state index contributed by atoms with van der Waals surface area (Å²) < 4.78 is 6.75. The first-order valence-electron chi connectivity index (χ1n) is 7.66. The van der Waals surface area contributed by atoms with E-state index in [4.69, 9.17) is 4.74 Å². The van der Waals surface area contributed by atoms with Crippen molar-refractivity contribution < 1.29 is 9.53 Å². The Balaban J connectivity index is 1.95. The van der Waals surface area contributed by atoms with Crippen LogP contribution in [0.1, 0.15) is 36.5 Å². The molecule has 0 saturated heterocycles. The zero-order valence-corrected chi connectivity index (χ0v) is 16.1. The molecule has 2 aromatic rings. The number of benzene rings is 2. The average molecular weight is 423 g/mol. The third kappa shape index (κ3) is 4.96. The number of anilines is 1. The molecule has 122 valence electrons. The average Bonchev–Trinajstić information content (AvgIpc) is 2.48. The third-order valence-electron chi connectivity index (χ3n) is 3.70. The van der Waals surface area contributed by atoms with Crippen molar-refractivity contribution in [2.24, 2.45) is 0 Å². The van der Waals surface area contributed by atoms with Crippen molar-refractivity contribution >= 4 is 34.2 Å².